The van der Waals surface area contributed by atoms with E-state index in [1.807, 2.05) is 0 Å². The van der Waals surface area contributed by atoms with E-state index < -0.39 is 10.0 Å². The van der Waals surface area contributed by atoms with Crippen LogP contribution in [0.2, 0.25) is 0 Å². The van der Waals surface area contributed by atoms with Crippen LogP contribution in [0.1, 0.15) is 46.5 Å². The third-order valence-corrected chi connectivity index (χ3v) is 6.06. The summed E-state index contributed by atoms with van der Waals surface area (Å²) in [4.78, 5) is 0. The summed E-state index contributed by atoms with van der Waals surface area (Å²) < 4.78 is 24.5. The number of hydrogen-bond acceptors (Lipinski definition) is 3. The van der Waals surface area contributed by atoms with E-state index in [-0.39, 0.29) is 0 Å². The average Bonchev–Trinajstić information content (AvgIpc) is 2.71. The van der Waals surface area contributed by atoms with Crippen molar-refractivity contribution in [2.75, 3.05) is 19.3 Å². The maximum absolute atomic E-state index is 11.0. The van der Waals surface area contributed by atoms with Gasteiger partial charge >= 0.3 is 0 Å². The van der Waals surface area contributed by atoms with Crippen molar-refractivity contribution in [1.29, 1.82) is 0 Å². The second-order valence-electron chi connectivity index (χ2n) is 7.32. The lowest BCUT2D eigenvalue weighted by molar-refractivity contribution is 0.109. The largest absolute Gasteiger partial charge is 0.313 e. The van der Waals surface area contributed by atoms with Gasteiger partial charge in [0.2, 0.25) is 10.0 Å². The van der Waals surface area contributed by atoms with Gasteiger partial charge in [-0.1, -0.05) is 20.8 Å². The Balaban J connectivity index is 1.80. The first-order valence-electron chi connectivity index (χ1n) is 7.33. The summed E-state index contributed by atoms with van der Waals surface area (Å²) >= 11 is 0. The molecule has 0 heterocycles. The minimum absolute atomic E-state index is 0.372. The number of hydrogen-bond donors (Lipinski definition) is 2. The SMILES string of the molecule is CC1(C)C(NCCCNS(C)(=O)=O)[C@]2(C)CC[C@H]1C2. The molecule has 2 bridgehead atoms. The zero-order chi connectivity index (χ0) is 14.3. The van der Waals surface area contributed by atoms with Crippen LogP contribution in [0, 0.1) is 16.7 Å². The summed E-state index contributed by atoms with van der Waals surface area (Å²) in [6.45, 7) is 8.59. The zero-order valence-corrected chi connectivity index (χ0v) is 13.4. The number of fused-ring (bicyclic) bond motifs is 2. The number of rotatable bonds is 6. The first-order valence-corrected chi connectivity index (χ1v) is 9.22. The van der Waals surface area contributed by atoms with Crippen LogP contribution in [0.3, 0.4) is 0 Å². The van der Waals surface area contributed by atoms with Gasteiger partial charge in [-0.05, 0) is 49.0 Å². The van der Waals surface area contributed by atoms with Crippen molar-refractivity contribution in [3.8, 4) is 0 Å². The average molecular weight is 288 g/mol. The van der Waals surface area contributed by atoms with Gasteiger partial charge < -0.3 is 5.32 Å². The Morgan fingerprint density at radius 1 is 1.21 bits per heavy atom. The lowest BCUT2D eigenvalue weighted by atomic mass is 9.68. The molecule has 0 amide bonds. The molecule has 0 spiro atoms. The third-order valence-electron chi connectivity index (χ3n) is 5.34. The molecule has 0 aromatic rings. The maximum Gasteiger partial charge on any atom is 0.208 e. The molecule has 2 rings (SSSR count). The predicted octanol–water partition coefficient (Wildman–Crippen LogP) is 1.73. The lowest BCUT2D eigenvalue weighted by Gasteiger charge is -2.43. The fraction of sp³-hybridized carbons (Fsp3) is 1.00. The molecule has 0 saturated heterocycles. The van der Waals surface area contributed by atoms with E-state index in [0.29, 0.717) is 23.4 Å². The van der Waals surface area contributed by atoms with Crippen LogP contribution in [0.25, 0.3) is 0 Å². The van der Waals surface area contributed by atoms with Crippen LogP contribution in [-0.2, 0) is 10.0 Å². The Morgan fingerprint density at radius 3 is 2.42 bits per heavy atom. The van der Waals surface area contributed by atoms with Gasteiger partial charge in [-0.25, -0.2) is 13.1 Å². The molecule has 112 valence electrons. The summed E-state index contributed by atoms with van der Waals surface area (Å²) in [5.74, 6) is 0.851. The van der Waals surface area contributed by atoms with Gasteiger partial charge in [0.05, 0.1) is 6.26 Å². The highest BCUT2D eigenvalue weighted by molar-refractivity contribution is 7.88. The van der Waals surface area contributed by atoms with Gasteiger partial charge in [-0.2, -0.15) is 0 Å². The highest BCUT2D eigenvalue weighted by Gasteiger charge is 2.58. The van der Waals surface area contributed by atoms with E-state index in [0.717, 1.165) is 18.9 Å². The van der Waals surface area contributed by atoms with Crippen LogP contribution >= 0.6 is 0 Å². The zero-order valence-electron chi connectivity index (χ0n) is 12.6. The molecule has 4 nitrogen and oxygen atoms in total. The molecule has 2 N–H and O–H groups in total. The fourth-order valence-electron chi connectivity index (χ4n) is 4.40. The maximum atomic E-state index is 11.0. The molecule has 19 heavy (non-hydrogen) atoms. The molecular formula is C14H28N2O2S. The van der Waals surface area contributed by atoms with E-state index in [9.17, 15) is 8.42 Å². The van der Waals surface area contributed by atoms with E-state index in [4.69, 9.17) is 0 Å². The number of sulfonamides is 1. The molecule has 3 atom stereocenters. The second kappa shape index (κ2) is 5.01. The smallest absolute Gasteiger partial charge is 0.208 e. The van der Waals surface area contributed by atoms with Gasteiger partial charge in [0, 0.05) is 12.6 Å². The Bertz CT molecular complexity index is 428. The van der Waals surface area contributed by atoms with Crippen LogP contribution in [-0.4, -0.2) is 33.8 Å². The van der Waals surface area contributed by atoms with Crippen molar-refractivity contribution >= 4 is 10.0 Å². The Labute approximate surface area is 117 Å². The van der Waals surface area contributed by atoms with Crippen LogP contribution in [0.15, 0.2) is 0 Å². The van der Waals surface area contributed by atoms with Gasteiger partial charge in [0.1, 0.15) is 0 Å². The molecule has 1 unspecified atom stereocenters. The molecule has 0 radical (unpaired) electrons. The summed E-state index contributed by atoms with van der Waals surface area (Å²) in [7, 11) is -3.04. The lowest BCUT2D eigenvalue weighted by Crippen LogP contribution is -2.50. The van der Waals surface area contributed by atoms with Crippen LogP contribution < -0.4 is 10.0 Å². The standard InChI is InChI=1S/C14H28N2O2S/c1-13(2)11-6-7-14(3,10-11)12(13)15-8-5-9-16-19(4,17)18/h11-12,15-16H,5-10H2,1-4H3/t11-,12?,14+/m0/s1. The summed E-state index contributed by atoms with van der Waals surface area (Å²) in [5.41, 5.74) is 0.815. The van der Waals surface area contributed by atoms with Crippen molar-refractivity contribution in [2.24, 2.45) is 16.7 Å². The van der Waals surface area contributed by atoms with Crippen LogP contribution in [0.5, 0.6) is 0 Å². The minimum Gasteiger partial charge on any atom is -0.313 e. The number of nitrogens with one attached hydrogen (secondary N) is 2. The summed E-state index contributed by atoms with van der Waals surface area (Å²) in [6, 6.07) is 0.567. The monoisotopic (exact) mass is 288 g/mol. The fourth-order valence-corrected chi connectivity index (χ4v) is 4.92. The van der Waals surface area contributed by atoms with E-state index >= 15 is 0 Å². The Hall–Kier alpha value is -0.130. The molecule has 2 saturated carbocycles. The van der Waals surface area contributed by atoms with E-state index in [2.05, 4.69) is 30.8 Å². The summed E-state index contributed by atoms with van der Waals surface area (Å²) in [6.07, 6.45) is 6.11. The van der Waals surface area contributed by atoms with Crippen molar-refractivity contribution < 1.29 is 8.42 Å². The predicted molar refractivity (Wildman–Crippen MR) is 78.5 cm³/mol. The highest BCUT2D eigenvalue weighted by atomic mass is 32.2. The van der Waals surface area contributed by atoms with E-state index in [1.165, 1.54) is 25.5 Å². The van der Waals surface area contributed by atoms with Gasteiger partial charge in [0.15, 0.2) is 0 Å². The molecule has 0 aromatic heterocycles. The minimum atomic E-state index is -3.04. The molecular weight excluding hydrogens is 260 g/mol. The van der Waals surface area contributed by atoms with Crippen molar-refractivity contribution in [3.05, 3.63) is 0 Å². The first-order chi connectivity index (χ1) is 8.65. The van der Waals surface area contributed by atoms with Crippen molar-refractivity contribution in [1.82, 2.24) is 10.0 Å². The molecule has 2 aliphatic rings. The molecule has 2 fully saturated rings. The Kier molecular flexibility index (Phi) is 4.02. The molecule has 2 aliphatic carbocycles. The van der Waals surface area contributed by atoms with Crippen molar-refractivity contribution in [3.63, 3.8) is 0 Å². The molecule has 5 heteroatoms. The van der Waals surface area contributed by atoms with Gasteiger partial charge in [-0.15, -0.1) is 0 Å². The van der Waals surface area contributed by atoms with Gasteiger partial charge in [0.25, 0.3) is 0 Å². The third kappa shape index (κ3) is 3.14. The van der Waals surface area contributed by atoms with Crippen LogP contribution in [0.4, 0.5) is 0 Å². The van der Waals surface area contributed by atoms with Crippen molar-refractivity contribution in [2.45, 2.75) is 52.5 Å². The molecule has 0 aromatic carbocycles. The first kappa shape index (κ1) is 15.3. The van der Waals surface area contributed by atoms with E-state index in [1.54, 1.807) is 0 Å². The molecule has 0 aliphatic heterocycles. The Morgan fingerprint density at radius 2 is 1.89 bits per heavy atom. The summed E-state index contributed by atoms with van der Waals surface area (Å²) in [5, 5.41) is 3.70. The topological polar surface area (TPSA) is 58.2 Å². The quantitative estimate of drug-likeness (QED) is 0.732. The highest BCUT2D eigenvalue weighted by Crippen LogP contribution is 2.62. The second-order valence-corrected chi connectivity index (χ2v) is 9.16. The van der Waals surface area contributed by atoms with Gasteiger partial charge in [-0.3, -0.25) is 0 Å². The normalized spacial score (nSPS) is 36.8.